The van der Waals surface area contributed by atoms with Gasteiger partial charge in [0.15, 0.2) is 0 Å². The van der Waals surface area contributed by atoms with Gasteiger partial charge in [0.2, 0.25) is 0 Å². The van der Waals surface area contributed by atoms with Crippen molar-refractivity contribution in [2.24, 2.45) is 0 Å². The van der Waals surface area contributed by atoms with Crippen LogP contribution in [0.5, 0.6) is 0 Å². The molecule has 0 aliphatic carbocycles. The van der Waals surface area contributed by atoms with Crippen LogP contribution >= 0.6 is 11.3 Å². The third-order valence-electron chi connectivity index (χ3n) is 3.93. The maximum atomic E-state index is 10.9. The van der Waals surface area contributed by atoms with E-state index in [9.17, 15) is 5.11 Å². The fourth-order valence-electron chi connectivity index (χ4n) is 2.94. The van der Waals surface area contributed by atoms with Crippen LogP contribution in [0.15, 0.2) is 41.8 Å². The van der Waals surface area contributed by atoms with Crippen LogP contribution in [0, 0.1) is 6.92 Å². The molecule has 1 saturated heterocycles. The lowest BCUT2D eigenvalue weighted by atomic mass is 9.89. The average Bonchev–Trinajstić information content (AvgIpc) is 3.01. The number of likely N-dealkylation sites (tertiary alicyclic amines) is 1. The summed E-state index contributed by atoms with van der Waals surface area (Å²) in [6, 6.07) is 12.4. The second-order valence-corrected chi connectivity index (χ2v) is 6.42. The van der Waals surface area contributed by atoms with E-state index in [1.165, 1.54) is 10.4 Å². The Labute approximate surface area is 118 Å². The number of β-amino-alcohol motifs (C(OH)–C–C–N with tert-alkyl or cyclic N) is 1. The zero-order chi connectivity index (χ0) is 13.3. The van der Waals surface area contributed by atoms with E-state index in [2.05, 4.69) is 41.5 Å². The van der Waals surface area contributed by atoms with Crippen LogP contribution in [0.25, 0.3) is 0 Å². The van der Waals surface area contributed by atoms with Gasteiger partial charge in [-0.15, -0.1) is 11.3 Å². The second kappa shape index (κ2) is 5.08. The summed E-state index contributed by atoms with van der Waals surface area (Å²) in [5, 5.41) is 13.0. The van der Waals surface area contributed by atoms with Crippen LogP contribution < -0.4 is 0 Å². The van der Waals surface area contributed by atoms with E-state index in [4.69, 9.17) is 0 Å². The number of nitrogens with zero attached hydrogens (tertiary/aromatic N) is 1. The van der Waals surface area contributed by atoms with Crippen LogP contribution in [-0.4, -0.2) is 23.1 Å². The van der Waals surface area contributed by atoms with Gasteiger partial charge in [-0.05, 0) is 35.9 Å². The number of thiophene rings is 1. The molecule has 19 heavy (non-hydrogen) atoms. The van der Waals surface area contributed by atoms with Gasteiger partial charge in [0, 0.05) is 24.5 Å². The summed E-state index contributed by atoms with van der Waals surface area (Å²) in [5.41, 5.74) is 1.59. The van der Waals surface area contributed by atoms with Crippen LogP contribution in [0.1, 0.15) is 22.4 Å². The Hall–Kier alpha value is -1.16. The fourth-order valence-corrected chi connectivity index (χ4v) is 3.69. The van der Waals surface area contributed by atoms with E-state index in [0.29, 0.717) is 0 Å². The molecule has 0 unspecified atom stereocenters. The van der Waals surface area contributed by atoms with E-state index >= 15 is 0 Å². The van der Waals surface area contributed by atoms with Gasteiger partial charge < -0.3 is 5.11 Å². The van der Waals surface area contributed by atoms with Crippen molar-refractivity contribution in [3.05, 3.63) is 57.8 Å². The molecule has 3 heteroatoms. The van der Waals surface area contributed by atoms with E-state index in [1.54, 1.807) is 11.3 Å². The SMILES string of the molecule is Cc1ccccc1[C@@]1(O)CCN(Cc2cccs2)C1. The Morgan fingerprint density at radius 1 is 1.26 bits per heavy atom. The van der Waals surface area contributed by atoms with Crippen LogP contribution in [0.2, 0.25) is 0 Å². The smallest absolute Gasteiger partial charge is 0.104 e. The Bertz CT molecular complexity index is 552. The Morgan fingerprint density at radius 2 is 2.11 bits per heavy atom. The highest BCUT2D eigenvalue weighted by atomic mass is 32.1. The summed E-state index contributed by atoms with van der Waals surface area (Å²) in [4.78, 5) is 3.71. The van der Waals surface area contributed by atoms with Gasteiger partial charge in [0.1, 0.15) is 5.60 Å². The molecule has 1 N–H and O–H groups in total. The summed E-state index contributed by atoms with van der Waals surface area (Å²) < 4.78 is 0. The molecule has 1 aliphatic rings. The first-order valence-corrected chi connectivity index (χ1v) is 7.59. The highest BCUT2D eigenvalue weighted by Gasteiger charge is 2.38. The molecular weight excluding hydrogens is 254 g/mol. The van der Waals surface area contributed by atoms with Gasteiger partial charge in [-0.3, -0.25) is 4.90 Å². The van der Waals surface area contributed by atoms with Crippen molar-refractivity contribution in [3.8, 4) is 0 Å². The van der Waals surface area contributed by atoms with E-state index in [0.717, 1.165) is 31.6 Å². The largest absolute Gasteiger partial charge is 0.384 e. The molecule has 1 fully saturated rings. The minimum Gasteiger partial charge on any atom is -0.384 e. The van der Waals surface area contributed by atoms with E-state index in [1.807, 2.05) is 12.1 Å². The van der Waals surface area contributed by atoms with Crippen molar-refractivity contribution in [1.82, 2.24) is 4.90 Å². The molecular formula is C16H19NOS. The Balaban J connectivity index is 1.75. The zero-order valence-electron chi connectivity index (χ0n) is 11.2. The molecule has 0 bridgehead atoms. The van der Waals surface area contributed by atoms with Crippen molar-refractivity contribution in [2.45, 2.75) is 25.5 Å². The van der Waals surface area contributed by atoms with Crippen molar-refractivity contribution in [1.29, 1.82) is 0 Å². The normalized spacial score (nSPS) is 23.9. The Kier molecular flexibility index (Phi) is 3.44. The standard InChI is InChI=1S/C16H19NOS/c1-13-5-2-3-7-15(13)16(18)8-9-17(12-16)11-14-6-4-10-19-14/h2-7,10,18H,8-9,11-12H2,1H3/t16-/m1/s1. The monoisotopic (exact) mass is 273 g/mol. The predicted molar refractivity (Wildman–Crippen MR) is 79.3 cm³/mol. The summed E-state index contributed by atoms with van der Waals surface area (Å²) in [7, 11) is 0. The number of aliphatic hydroxyl groups is 1. The van der Waals surface area contributed by atoms with E-state index < -0.39 is 5.60 Å². The summed E-state index contributed by atoms with van der Waals surface area (Å²) in [6.07, 6.45) is 0.823. The van der Waals surface area contributed by atoms with Crippen LogP contribution in [0.3, 0.4) is 0 Å². The van der Waals surface area contributed by atoms with Gasteiger partial charge in [-0.2, -0.15) is 0 Å². The molecule has 1 aromatic heterocycles. The lowest BCUT2D eigenvalue weighted by Crippen LogP contribution is -2.31. The van der Waals surface area contributed by atoms with Crippen molar-refractivity contribution in [2.75, 3.05) is 13.1 Å². The molecule has 1 aliphatic heterocycles. The molecule has 0 saturated carbocycles. The first-order chi connectivity index (χ1) is 9.17. The third kappa shape index (κ3) is 2.59. The van der Waals surface area contributed by atoms with Gasteiger partial charge in [0.25, 0.3) is 0 Å². The zero-order valence-corrected chi connectivity index (χ0v) is 12.0. The molecule has 100 valence electrons. The molecule has 0 amide bonds. The topological polar surface area (TPSA) is 23.5 Å². The third-order valence-corrected chi connectivity index (χ3v) is 4.79. The van der Waals surface area contributed by atoms with E-state index in [-0.39, 0.29) is 0 Å². The quantitative estimate of drug-likeness (QED) is 0.928. The molecule has 2 heterocycles. The number of hydrogen-bond acceptors (Lipinski definition) is 3. The molecule has 0 spiro atoms. The number of hydrogen-bond donors (Lipinski definition) is 1. The second-order valence-electron chi connectivity index (χ2n) is 5.39. The first-order valence-electron chi connectivity index (χ1n) is 6.71. The molecule has 1 atom stereocenters. The van der Waals surface area contributed by atoms with Crippen LogP contribution in [-0.2, 0) is 12.1 Å². The lowest BCUT2D eigenvalue weighted by Gasteiger charge is -2.25. The van der Waals surface area contributed by atoms with Gasteiger partial charge in [0.05, 0.1) is 0 Å². The summed E-state index contributed by atoms with van der Waals surface area (Å²) in [6.45, 7) is 4.72. The number of rotatable bonds is 3. The summed E-state index contributed by atoms with van der Waals surface area (Å²) in [5.74, 6) is 0. The maximum absolute atomic E-state index is 10.9. The van der Waals surface area contributed by atoms with Crippen LogP contribution in [0.4, 0.5) is 0 Å². The molecule has 1 aromatic carbocycles. The van der Waals surface area contributed by atoms with Gasteiger partial charge in [-0.25, -0.2) is 0 Å². The molecule has 0 radical (unpaired) electrons. The molecule has 2 aromatic rings. The minimum absolute atomic E-state index is 0.678. The molecule has 3 rings (SSSR count). The predicted octanol–water partition coefficient (Wildman–Crippen LogP) is 3.15. The lowest BCUT2D eigenvalue weighted by molar-refractivity contribution is 0.0448. The fraction of sp³-hybridized carbons (Fsp3) is 0.375. The first kappa shape index (κ1) is 12.9. The Morgan fingerprint density at radius 3 is 2.84 bits per heavy atom. The van der Waals surface area contributed by atoms with Gasteiger partial charge in [-0.1, -0.05) is 30.3 Å². The van der Waals surface area contributed by atoms with Crippen molar-refractivity contribution >= 4 is 11.3 Å². The maximum Gasteiger partial charge on any atom is 0.104 e. The highest BCUT2D eigenvalue weighted by Crippen LogP contribution is 2.34. The summed E-state index contributed by atoms with van der Waals surface area (Å²) >= 11 is 1.79. The van der Waals surface area contributed by atoms with Crippen molar-refractivity contribution < 1.29 is 5.11 Å². The number of aryl methyl sites for hydroxylation is 1. The average molecular weight is 273 g/mol. The van der Waals surface area contributed by atoms with Crippen molar-refractivity contribution in [3.63, 3.8) is 0 Å². The molecule has 2 nitrogen and oxygen atoms in total. The van der Waals surface area contributed by atoms with Gasteiger partial charge >= 0.3 is 0 Å². The number of benzene rings is 1. The highest BCUT2D eigenvalue weighted by molar-refractivity contribution is 7.09. The minimum atomic E-state index is -0.678.